The lowest BCUT2D eigenvalue weighted by atomic mass is 10.3. The third kappa shape index (κ3) is 2.47. The van der Waals surface area contributed by atoms with E-state index in [1.165, 1.54) is 0 Å². The standard InChI is InChI=1S/C11H14N2O2S/c1-2-10-12-8(7-16-10)3-4-13-6-9(14)5-11(13)15/h7H,2-6H2,1H3. The van der Waals surface area contributed by atoms with Gasteiger partial charge in [0.1, 0.15) is 0 Å². The summed E-state index contributed by atoms with van der Waals surface area (Å²) in [4.78, 5) is 28.5. The Morgan fingerprint density at radius 1 is 1.50 bits per heavy atom. The highest BCUT2D eigenvalue weighted by atomic mass is 32.1. The van der Waals surface area contributed by atoms with E-state index in [9.17, 15) is 9.59 Å². The molecule has 1 aromatic rings. The Kier molecular flexibility index (Phi) is 3.33. The van der Waals surface area contributed by atoms with E-state index in [1.807, 2.05) is 5.38 Å². The zero-order valence-electron chi connectivity index (χ0n) is 9.23. The summed E-state index contributed by atoms with van der Waals surface area (Å²) in [6, 6.07) is 0. The Labute approximate surface area is 98.3 Å². The molecule has 2 heterocycles. The minimum Gasteiger partial charge on any atom is -0.335 e. The van der Waals surface area contributed by atoms with E-state index in [2.05, 4.69) is 11.9 Å². The van der Waals surface area contributed by atoms with E-state index in [0.717, 1.165) is 23.5 Å². The number of aryl methyl sites for hydroxylation is 1. The Morgan fingerprint density at radius 2 is 2.31 bits per heavy atom. The van der Waals surface area contributed by atoms with Gasteiger partial charge < -0.3 is 4.90 Å². The molecular formula is C11H14N2O2S. The lowest BCUT2D eigenvalue weighted by molar-refractivity contribution is -0.127. The van der Waals surface area contributed by atoms with E-state index in [4.69, 9.17) is 0 Å². The van der Waals surface area contributed by atoms with Crippen molar-refractivity contribution in [1.29, 1.82) is 0 Å². The van der Waals surface area contributed by atoms with Crippen LogP contribution in [0.1, 0.15) is 24.0 Å². The summed E-state index contributed by atoms with van der Waals surface area (Å²) in [5.41, 5.74) is 1.02. The van der Waals surface area contributed by atoms with Crippen molar-refractivity contribution in [2.45, 2.75) is 26.2 Å². The average Bonchev–Trinajstić information content (AvgIpc) is 2.82. The number of hydrogen-bond acceptors (Lipinski definition) is 4. The van der Waals surface area contributed by atoms with E-state index >= 15 is 0 Å². The summed E-state index contributed by atoms with van der Waals surface area (Å²) in [5.74, 6) is -0.0199. The maximum Gasteiger partial charge on any atom is 0.230 e. The van der Waals surface area contributed by atoms with Gasteiger partial charge in [0.25, 0.3) is 0 Å². The first-order valence-electron chi connectivity index (χ1n) is 5.41. The number of carbonyl (C=O) groups excluding carboxylic acids is 2. The van der Waals surface area contributed by atoms with Gasteiger partial charge in [0.2, 0.25) is 5.91 Å². The molecule has 0 unspecified atom stereocenters. The second-order valence-electron chi connectivity index (χ2n) is 3.87. The summed E-state index contributed by atoms with van der Waals surface area (Å²) in [6.45, 7) is 2.96. The summed E-state index contributed by atoms with van der Waals surface area (Å²) in [7, 11) is 0. The lowest BCUT2D eigenvalue weighted by Gasteiger charge is -2.12. The summed E-state index contributed by atoms with van der Waals surface area (Å²) in [5, 5.41) is 3.15. The molecule has 1 aromatic heterocycles. The van der Waals surface area contributed by atoms with Gasteiger partial charge in [-0.05, 0) is 6.42 Å². The molecule has 0 N–H and O–H groups in total. The predicted molar refractivity (Wildman–Crippen MR) is 61.4 cm³/mol. The van der Waals surface area contributed by atoms with Gasteiger partial charge in [0, 0.05) is 18.3 Å². The van der Waals surface area contributed by atoms with E-state index in [1.54, 1.807) is 16.2 Å². The Morgan fingerprint density at radius 3 is 2.88 bits per heavy atom. The summed E-state index contributed by atoms with van der Waals surface area (Å²) < 4.78 is 0. The highest BCUT2D eigenvalue weighted by Gasteiger charge is 2.26. The van der Waals surface area contributed by atoms with Crippen LogP contribution in [-0.4, -0.2) is 34.7 Å². The second-order valence-corrected chi connectivity index (χ2v) is 4.81. The van der Waals surface area contributed by atoms with Crippen LogP contribution in [0.2, 0.25) is 0 Å². The topological polar surface area (TPSA) is 50.3 Å². The van der Waals surface area contributed by atoms with Gasteiger partial charge in [0.15, 0.2) is 5.78 Å². The van der Waals surface area contributed by atoms with Crippen molar-refractivity contribution in [3.05, 3.63) is 16.1 Å². The smallest absolute Gasteiger partial charge is 0.230 e. The predicted octanol–water partition coefficient (Wildman–Crippen LogP) is 1.05. The van der Waals surface area contributed by atoms with E-state index < -0.39 is 0 Å². The fraction of sp³-hybridized carbons (Fsp3) is 0.545. The van der Waals surface area contributed by atoms with Crippen molar-refractivity contribution in [1.82, 2.24) is 9.88 Å². The zero-order chi connectivity index (χ0) is 11.5. The number of carbonyl (C=O) groups is 2. The molecule has 5 heteroatoms. The van der Waals surface area contributed by atoms with Crippen molar-refractivity contribution in [2.75, 3.05) is 13.1 Å². The first-order chi connectivity index (χ1) is 7.69. The number of nitrogens with zero attached hydrogens (tertiary/aromatic N) is 2. The van der Waals surface area contributed by atoms with Crippen LogP contribution in [0.3, 0.4) is 0 Å². The van der Waals surface area contributed by atoms with Crippen molar-refractivity contribution >= 4 is 23.0 Å². The molecule has 1 aliphatic rings. The number of likely N-dealkylation sites (tertiary alicyclic amines) is 1. The molecule has 1 aliphatic heterocycles. The second kappa shape index (κ2) is 4.74. The van der Waals surface area contributed by atoms with Crippen molar-refractivity contribution in [3.8, 4) is 0 Å². The van der Waals surface area contributed by atoms with E-state index in [-0.39, 0.29) is 24.7 Å². The molecule has 0 saturated carbocycles. The SMILES string of the molecule is CCc1nc(CCN2CC(=O)CC2=O)cs1. The third-order valence-electron chi connectivity index (χ3n) is 2.61. The Balaban J connectivity index is 1.87. The van der Waals surface area contributed by atoms with Gasteiger partial charge in [-0.15, -0.1) is 11.3 Å². The first kappa shape index (κ1) is 11.3. The van der Waals surface area contributed by atoms with Crippen molar-refractivity contribution in [2.24, 2.45) is 0 Å². The van der Waals surface area contributed by atoms with Crippen LogP contribution in [-0.2, 0) is 22.4 Å². The summed E-state index contributed by atoms with van der Waals surface area (Å²) in [6.07, 6.45) is 1.78. The van der Waals surface area contributed by atoms with Crippen molar-refractivity contribution < 1.29 is 9.59 Å². The monoisotopic (exact) mass is 238 g/mol. The zero-order valence-corrected chi connectivity index (χ0v) is 10.0. The Bertz CT molecular complexity index is 414. The van der Waals surface area contributed by atoms with Gasteiger partial charge in [-0.3, -0.25) is 9.59 Å². The molecule has 1 amide bonds. The highest BCUT2D eigenvalue weighted by Crippen LogP contribution is 2.12. The van der Waals surface area contributed by atoms with Gasteiger partial charge in [0.05, 0.1) is 23.7 Å². The minimum absolute atomic E-state index is 0.0255. The van der Waals surface area contributed by atoms with Crippen LogP contribution in [0.4, 0.5) is 0 Å². The number of aromatic nitrogens is 1. The molecule has 4 nitrogen and oxygen atoms in total. The van der Waals surface area contributed by atoms with Gasteiger partial charge in [-0.25, -0.2) is 4.98 Å². The maximum atomic E-state index is 11.4. The van der Waals surface area contributed by atoms with Crippen LogP contribution < -0.4 is 0 Å². The van der Waals surface area contributed by atoms with Crippen LogP contribution in [0.25, 0.3) is 0 Å². The van der Waals surface area contributed by atoms with Gasteiger partial charge in [-0.2, -0.15) is 0 Å². The molecule has 0 atom stereocenters. The molecule has 0 aromatic carbocycles. The molecule has 86 valence electrons. The maximum absolute atomic E-state index is 11.4. The highest BCUT2D eigenvalue weighted by molar-refractivity contribution is 7.09. The average molecular weight is 238 g/mol. The molecule has 0 spiro atoms. The normalized spacial score (nSPS) is 16.2. The van der Waals surface area contributed by atoms with Crippen molar-refractivity contribution in [3.63, 3.8) is 0 Å². The van der Waals surface area contributed by atoms with Crippen LogP contribution in [0, 0.1) is 0 Å². The first-order valence-corrected chi connectivity index (χ1v) is 6.29. The fourth-order valence-corrected chi connectivity index (χ4v) is 2.50. The molecule has 2 rings (SSSR count). The fourth-order valence-electron chi connectivity index (χ4n) is 1.72. The molecule has 0 bridgehead atoms. The van der Waals surface area contributed by atoms with E-state index in [0.29, 0.717) is 6.54 Å². The van der Waals surface area contributed by atoms with Crippen LogP contribution in [0.15, 0.2) is 5.38 Å². The van der Waals surface area contributed by atoms with Gasteiger partial charge in [-0.1, -0.05) is 6.92 Å². The number of amides is 1. The molecular weight excluding hydrogens is 224 g/mol. The van der Waals surface area contributed by atoms with Gasteiger partial charge >= 0.3 is 0 Å². The largest absolute Gasteiger partial charge is 0.335 e. The minimum atomic E-state index is -0.0454. The molecule has 0 radical (unpaired) electrons. The summed E-state index contributed by atoms with van der Waals surface area (Å²) >= 11 is 1.65. The lowest BCUT2D eigenvalue weighted by Crippen LogP contribution is -2.27. The quantitative estimate of drug-likeness (QED) is 0.737. The van der Waals surface area contributed by atoms with Crippen LogP contribution in [0.5, 0.6) is 0 Å². The number of hydrogen-bond donors (Lipinski definition) is 0. The third-order valence-corrected chi connectivity index (χ3v) is 3.65. The Hall–Kier alpha value is -1.23. The number of thiazole rings is 1. The number of Topliss-reactive ketones (excluding diaryl/α,β-unsaturated/α-hetero) is 1. The number of rotatable bonds is 4. The number of ketones is 1. The molecule has 1 fully saturated rings. The van der Waals surface area contributed by atoms with Crippen LogP contribution >= 0.6 is 11.3 Å². The molecule has 1 saturated heterocycles. The molecule has 16 heavy (non-hydrogen) atoms. The molecule has 0 aliphatic carbocycles.